The first-order valence-corrected chi connectivity index (χ1v) is 8.59. The average molecular weight is 298 g/mol. The Balaban J connectivity index is 1.51. The molecule has 0 bridgehead atoms. The quantitative estimate of drug-likeness (QED) is 0.662. The summed E-state index contributed by atoms with van der Waals surface area (Å²) in [6, 6.07) is 0. The molecule has 0 spiro atoms. The Bertz CT molecular complexity index is 300. The van der Waals surface area contributed by atoms with Gasteiger partial charge in [-0.15, -0.1) is 0 Å². The summed E-state index contributed by atoms with van der Waals surface area (Å²) in [6.07, 6.45) is 5.88. The minimum absolute atomic E-state index is 0.178. The lowest BCUT2D eigenvalue weighted by atomic mass is 10.1. The van der Waals surface area contributed by atoms with Crippen LogP contribution in [0.2, 0.25) is 0 Å². The van der Waals surface area contributed by atoms with Crippen molar-refractivity contribution in [1.29, 1.82) is 0 Å². The van der Waals surface area contributed by atoms with Crippen molar-refractivity contribution in [2.75, 3.05) is 39.9 Å². The summed E-state index contributed by atoms with van der Waals surface area (Å²) in [6.45, 7) is 11.4. The average Bonchev–Trinajstić information content (AvgIpc) is 3.11. The Kier molecular flexibility index (Phi) is 6.48. The number of nitrogens with one attached hydrogen (secondary N) is 1. The third-order valence-electron chi connectivity index (χ3n) is 4.24. The first-order chi connectivity index (χ1) is 9.92. The Labute approximate surface area is 130 Å². The summed E-state index contributed by atoms with van der Waals surface area (Å²) in [5, 5.41) is 3.54. The summed E-state index contributed by atoms with van der Waals surface area (Å²) in [4.78, 5) is 2.34. The second-order valence-electron chi connectivity index (χ2n) is 7.87. The Morgan fingerprint density at radius 1 is 1.14 bits per heavy atom. The molecule has 124 valence electrons. The van der Waals surface area contributed by atoms with Crippen molar-refractivity contribution in [3.8, 4) is 0 Å². The summed E-state index contributed by atoms with van der Waals surface area (Å²) in [5.41, 5.74) is 0.178. The predicted octanol–water partition coefficient (Wildman–Crippen LogP) is 2.28. The van der Waals surface area contributed by atoms with E-state index >= 15 is 0 Å². The molecule has 0 amide bonds. The summed E-state index contributed by atoms with van der Waals surface area (Å²) >= 11 is 0. The van der Waals surface area contributed by atoms with E-state index in [-0.39, 0.29) is 5.54 Å². The minimum atomic E-state index is 0.178. The van der Waals surface area contributed by atoms with Crippen molar-refractivity contribution >= 4 is 0 Å². The van der Waals surface area contributed by atoms with Crippen LogP contribution < -0.4 is 5.32 Å². The van der Waals surface area contributed by atoms with Crippen LogP contribution in [0, 0.1) is 5.92 Å². The molecule has 21 heavy (non-hydrogen) atoms. The van der Waals surface area contributed by atoms with Crippen molar-refractivity contribution in [3.63, 3.8) is 0 Å². The summed E-state index contributed by atoms with van der Waals surface area (Å²) in [5.74, 6) is 0.865. The number of rotatable bonds is 9. The number of ether oxygens (including phenoxy) is 2. The zero-order valence-corrected chi connectivity index (χ0v) is 14.4. The van der Waals surface area contributed by atoms with E-state index in [0.717, 1.165) is 38.8 Å². The molecule has 2 atom stereocenters. The molecule has 2 unspecified atom stereocenters. The van der Waals surface area contributed by atoms with Gasteiger partial charge in [-0.3, -0.25) is 0 Å². The van der Waals surface area contributed by atoms with Gasteiger partial charge in [0.05, 0.1) is 18.8 Å². The normalized spacial score (nSPS) is 26.7. The highest BCUT2D eigenvalue weighted by Crippen LogP contribution is 2.28. The van der Waals surface area contributed by atoms with Crippen LogP contribution in [0.5, 0.6) is 0 Å². The fourth-order valence-electron chi connectivity index (χ4n) is 2.68. The van der Waals surface area contributed by atoms with Crippen LogP contribution in [0.1, 0.15) is 46.5 Å². The molecule has 1 heterocycles. The van der Waals surface area contributed by atoms with E-state index < -0.39 is 0 Å². The summed E-state index contributed by atoms with van der Waals surface area (Å²) in [7, 11) is 2.17. The first-order valence-electron chi connectivity index (χ1n) is 8.59. The second-order valence-corrected chi connectivity index (χ2v) is 7.87. The van der Waals surface area contributed by atoms with Crippen LogP contribution in [0.4, 0.5) is 0 Å². The van der Waals surface area contributed by atoms with Crippen molar-refractivity contribution in [2.24, 2.45) is 5.92 Å². The third kappa shape index (κ3) is 7.59. The van der Waals surface area contributed by atoms with Gasteiger partial charge in [0.2, 0.25) is 0 Å². The molecule has 0 aromatic rings. The Morgan fingerprint density at radius 2 is 1.86 bits per heavy atom. The van der Waals surface area contributed by atoms with E-state index in [1.807, 2.05) is 0 Å². The zero-order chi connectivity index (χ0) is 15.3. The number of nitrogens with zero attached hydrogens (tertiary/aromatic N) is 1. The SMILES string of the molecule is CN(CCOCC1CC1)CC1CCC(CNC(C)(C)C)O1. The number of hydrogen-bond acceptors (Lipinski definition) is 4. The van der Waals surface area contributed by atoms with Gasteiger partial charge in [-0.1, -0.05) is 0 Å². The van der Waals surface area contributed by atoms with E-state index in [1.165, 1.54) is 25.7 Å². The van der Waals surface area contributed by atoms with Gasteiger partial charge in [-0.25, -0.2) is 0 Å². The molecule has 1 N–H and O–H groups in total. The van der Waals surface area contributed by atoms with Crippen LogP contribution >= 0.6 is 0 Å². The highest BCUT2D eigenvalue weighted by atomic mass is 16.5. The standard InChI is InChI=1S/C17H34N2O2/c1-17(2,3)18-11-15-7-8-16(21-15)12-19(4)9-10-20-13-14-5-6-14/h14-16,18H,5-13H2,1-4H3. The molecule has 2 aliphatic rings. The van der Waals surface area contributed by atoms with Crippen LogP contribution in [0.25, 0.3) is 0 Å². The second kappa shape index (κ2) is 7.91. The van der Waals surface area contributed by atoms with E-state index in [4.69, 9.17) is 9.47 Å². The smallest absolute Gasteiger partial charge is 0.0707 e. The molecule has 4 nitrogen and oxygen atoms in total. The predicted molar refractivity (Wildman–Crippen MR) is 86.7 cm³/mol. The molecule has 0 aromatic heterocycles. The van der Waals surface area contributed by atoms with Gasteiger partial charge in [-0.05, 0) is 59.4 Å². The van der Waals surface area contributed by atoms with Crippen molar-refractivity contribution in [1.82, 2.24) is 10.2 Å². The minimum Gasteiger partial charge on any atom is -0.380 e. The zero-order valence-electron chi connectivity index (χ0n) is 14.4. The van der Waals surface area contributed by atoms with E-state index in [2.05, 4.69) is 38.0 Å². The lowest BCUT2D eigenvalue weighted by molar-refractivity contribution is 0.0191. The molecule has 1 aliphatic heterocycles. The van der Waals surface area contributed by atoms with Crippen LogP contribution in [-0.2, 0) is 9.47 Å². The first kappa shape index (κ1) is 17.2. The third-order valence-corrected chi connectivity index (χ3v) is 4.24. The van der Waals surface area contributed by atoms with Gasteiger partial charge >= 0.3 is 0 Å². The summed E-state index contributed by atoms with van der Waals surface area (Å²) < 4.78 is 11.8. The molecule has 0 radical (unpaired) electrons. The van der Waals surface area contributed by atoms with Crippen LogP contribution in [-0.4, -0.2) is 62.5 Å². The van der Waals surface area contributed by atoms with Gasteiger partial charge in [0.15, 0.2) is 0 Å². The number of hydrogen-bond donors (Lipinski definition) is 1. The van der Waals surface area contributed by atoms with Gasteiger partial charge in [0, 0.05) is 31.8 Å². The number of likely N-dealkylation sites (N-methyl/N-ethyl adjacent to an activating group) is 1. The monoisotopic (exact) mass is 298 g/mol. The lowest BCUT2D eigenvalue weighted by Crippen LogP contribution is -2.41. The molecule has 2 fully saturated rings. The fourth-order valence-corrected chi connectivity index (χ4v) is 2.68. The Morgan fingerprint density at radius 3 is 2.52 bits per heavy atom. The maximum atomic E-state index is 6.14. The maximum Gasteiger partial charge on any atom is 0.0707 e. The maximum absolute atomic E-state index is 6.14. The van der Waals surface area contributed by atoms with E-state index in [9.17, 15) is 0 Å². The van der Waals surface area contributed by atoms with Crippen molar-refractivity contribution in [2.45, 2.75) is 64.2 Å². The van der Waals surface area contributed by atoms with Gasteiger partial charge < -0.3 is 19.7 Å². The van der Waals surface area contributed by atoms with Crippen LogP contribution in [0.3, 0.4) is 0 Å². The molecule has 1 saturated carbocycles. The molecule has 2 rings (SSSR count). The van der Waals surface area contributed by atoms with Gasteiger partial charge in [0.1, 0.15) is 0 Å². The van der Waals surface area contributed by atoms with Gasteiger partial charge in [-0.2, -0.15) is 0 Å². The molecule has 1 aliphatic carbocycles. The lowest BCUT2D eigenvalue weighted by Gasteiger charge is -2.24. The molecule has 1 saturated heterocycles. The fraction of sp³-hybridized carbons (Fsp3) is 1.00. The highest BCUT2D eigenvalue weighted by Gasteiger charge is 2.27. The highest BCUT2D eigenvalue weighted by molar-refractivity contribution is 4.80. The topological polar surface area (TPSA) is 33.7 Å². The molecule has 0 aromatic carbocycles. The molecule has 4 heteroatoms. The van der Waals surface area contributed by atoms with Gasteiger partial charge in [0.25, 0.3) is 0 Å². The largest absolute Gasteiger partial charge is 0.380 e. The van der Waals surface area contributed by atoms with E-state index in [1.54, 1.807) is 0 Å². The Hall–Kier alpha value is -0.160. The van der Waals surface area contributed by atoms with Crippen LogP contribution in [0.15, 0.2) is 0 Å². The molecular weight excluding hydrogens is 264 g/mol. The molecular formula is C17H34N2O2. The van der Waals surface area contributed by atoms with Crippen molar-refractivity contribution in [3.05, 3.63) is 0 Å². The van der Waals surface area contributed by atoms with E-state index in [0.29, 0.717) is 12.2 Å². The van der Waals surface area contributed by atoms with Crippen molar-refractivity contribution < 1.29 is 9.47 Å².